The molecule has 3 heterocycles. The number of benzene rings is 1. The Bertz CT molecular complexity index is 838. The number of hydrogen-bond donors (Lipinski definition) is 1. The largest absolute Gasteiger partial charge is 0.341 e. The van der Waals surface area contributed by atoms with E-state index < -0.39 is 5.41 Å². The maximum absolute atomic E-state index is 12.7. The molecule has 6 nitrogen and oxygen atoms in total. The number of likely N-dealkylation sites (tertiary alicyclic amines) is 1. The van der Waals surface area contributed by atoms with Gasteiger partial charge in [-0.25, -0.2) is 0 Å². The highest BCUT2D eigenvalue weighted by molar-refractivity contribution is 8.01. The van der Waals surface area contributed by atoms with E-state index in [1.54, 1.807) is 0 Å². The van der Waals surface area contributed by atoms with Gasteiger partial charge in [-0.2, -0.15) is 0 Å². The second-order valence-corrected chi connectivity index (χ2v) is 8.78. The number of aromatic nitrogens is 2. The summed E-state index contributed by atoms with van der Waals surface area (Å²) in [7, 11) is 0. The number of piperidine rings is 1. The molecule has 1 aromatic carbocycles. The van der Waals surface area contributed by atoms with Gasteiger partial charge >= 0.3 is 0 Å². The molecule has 0 radical (unpaired) electrons. The Labute approximate surface area is 154 Å². The van der Waals surface area contributed by atoms with E-state index in [-0.39, 0.29) is 11.8 Å². The van der Waals surface area contributed by atoms with Crippen LogP contribution < -0.4 is 5.32 Å². The number of hydrogen-bond acceptors (Lipinski definition) is 6. The van der Waals surface area contributed by atoms with E-state index in [2.05, 4.69) is 15.5 Å². The molecule has 2 aliphatic rings. The molecular weight excluding hydrogens is 356 g/mol. The van der Waals surface area contributed by atoms with Crippen LogP contribution in [0.25, 0.3) is 0 Å². The van der Waals surface area contributed by atoms with Gasteiger partial charge in [0.1, 0.15) is 5.01 Å². The fraction of sp³-hybridized carbons (Fsp3) is 0.412. The van der Waals surface area contributed by atoms with Crippen LogP contribution >= 0.6 is 23.1 Å². The van der Waals surface area contributed by atoms with Gasteiger partial charge in [0.25, 0.3) is 0 Å². The van der Waals surface area contributed by atoms with Crippen molar-refractivity contribution < 1.29 is 9.59 Å². The van der Waals surface area contributed by atoms with Crippen LogP contribution in [0.5, 0.6) is 0 Å². The first-order chi connectivity index (χ1) is 12.1. The highest BCUT2D eigenvalue weighted by atomic mass is 32.2. The molecule has 2 aliphatic heterocycles. The third kappa shape index (κ3) is 2.93. The van der Waals surface area contributed by atoms with Crippen LogP contribution in [0.2, 0.25) is 0 Å². The SMILES string of the molecule is Cc1nnc(SCC(=O)N2CCCC3(C2)C(=O)Nc2ccccc23)s1. The number of aryl methyl sites for hydroxylation is 1. The molecule has 130 valence electrons. The zero-order valence-corrected chi connectivity index (χ0v) is 15.5. The molecule has 4 rings (SSSR count). The molecule has 1 spiro atoms. The Morgan fingerprint density at radius 2 is 2.24 bits per heavy atom. The molecule has 1 saturated heterocycles. The van der Waals surface area contributed by atoms with E-state index in [1.165, 1.54) is 23.1 Å². The number of fused-ring (bicyclic) bond motifs is 2. The lowest BCUT2D eigenvalue weighted by molar-refractivity contribution is -0.133. The normalized spacial score (nSPS) is 22.1. The molecule has 1 N–H and O–H groups in total. The van der Waals surface area contributed by atoms with E-state index in [0.717, 1.165) is 33.4 Å². The number of rotatable bonds is 3. The van der Waals surface area contributed by atoms with Crippen molar-refractivity contribution in [2.75, 3.05) is 24.2 Å². The predicted molar refractivity (Wildman–Crippen MR) is 97.9 cm³/mol. The number of nitrogens with one attached hydrogen (secondary N) is 1. The smallest absolute Gasteiger partial charge is 0.236 e. The van der Waals surface area contributed by atoms with Gasteiger partial charge in [-0.3, -0.25) is 9.59 Å². The molecule has 2 aromatic rings. The number of carbonyl (C=O) groups is 2. The fourth-order valence-corrected chi connectivity index (χ4v) is 5.32. The van der Waals surface area contributed by atoms with Crippen LogP contribution in [-0.4, -0.2) is 45.8 Å². The summed E-state index contributed by atoms with van der Waals surface area (Å²) in [6.07, 6.45) is 1.61. The summed E-state index contributed by atoms with van der Waals surface area (Å²) in [5.74, 6) is 0.390. The van der Waals surface area contributed by atoms with Crippen LogP contribution in [0.4, 0.5) is 5.69 Å². The number of para-hydroxylation sites is 1. The Balaban J connectivity index is 1.49. The molecular formula is C17H18N4O2S2. The van der Waals surface area contributed by atoms with Crippen LogP contribution in [0.3, 0.4) is 0 Å². The van der Waals surface area contributed by atoms with Crippen molar-refractivity contribution in [1.29, 1.82) is 0 Å². The van der Waals surface area contributed by atoms with Crippen LogP contribution in [0, 0.1) is 6.92 Å². The van der Waals surface area contributed by atoms with Gasteiger partial charge in [0.05, 0.1) is 11.2 Å². The van der Waals surface area contributed by atoms with Crippen molar-refractivity contribution in [2.24, 2.45) is 0 Å². The molecule has 1 aromatic heterocycles. The number of carbonyl (C=O) groups excluding carboxylic acids is 2. The maximum Gasteiger partial charge on any atom is 0.236 e. The van der Waals surface area contributed by atoms with Gasteiger partial charge in [-0.05, 0) is 31.4 Å². The van der Waals surface area contributed by atoms with Gasteiger partial charge in [-0.1, -0.05) is 41.3 Å². The van der Waals surface area contributed by atoms with E-state index >= 15 is 0 Å². The minimum Gasteiger partial charge on any atom is -0.341 e. The molecule has 1 fully saturated rings. The molecule has 1 atom stereocenters. The van der Waals surface area contributed by atoms with Crippen molar-refractivity contribution in [2.45, 2.75) is 29.5 Å². The summed E-state index contributed by atoms with van der Waals surface area (Å²) in [4.78, 5) is 27.2. The average molecular weight is 374 g/mol. The van der Waals surface area contributed by atoms with Crippen molar-refractivity contribution in [1.82, 2.24) is 15.1 Å². The molecule has 8 heteroatoms. The van der Waals surface area contributed by atoms with Gasteiger partial charge in [0.2, 0.25) is 11.8 Å². The minimum absolute atomic E-state index is 0.0126. The highest BCUT2D eigenvalue weighted by Crippen LogP contribution is 2.43. The minimum atomic E-state index is -0.603. The number of thioether (sulfide) groups is 1. The molecule has 2 amide bonds. The summed E-state index contributed by atoms with van der Waals surface area (Å²) in [6.45, 7) is 3.05. The summed E-state index contributed by atoms with van der Waals surface area (Å²) in [6, 6.07) is 7.80. The summed E-state index contributed by atoms with van der Waals surface area (Å²) < 4.78 is 0.807. The lowest BCUT2D eigenvalue weighted by Crippen LogP contribution is -2.52. The Hall–Kier alpha value is -1.93. The van der Waals surface area contributed by atoms with Crippen molar-refractivity contribution in [3.8, 4) is 0 Å². The van der Waals surface area contributed by atoms with Crippen molar-refractivity contribution >= 4 is 40.6 Å². The first-order valence-corrected chi connectivity index (χ1v) is 10.0. The van der Waals surface area contributed by atoms with E-state index in [0.29, 0.717) is 18.8 Å². The molecule has 0 aliphatic carbocycles. The standard InChI is InChI=1S/C17H18N4O2S2/c1-11-19-20-16(25-11)24-9-14(22)21-8-4-7-17(10-21)12-5-2-3-6-13(12)18-15(17)23/h2-3,5-6H,4,7-10H2,1H3,(H,18,23). The molecule has 0 saturated carbocycles. The van der Waals surface area contributed by atoms with Crippen molar-refractivity contribution in [3.63, 3.8) is 0 Å². The summed E-state index contributed by atoms with van der Waals surface area (Å²) in [5, 5.41) is 11.9. The quantitative estimate of drug-likeness (QED) is 0.836. The van der Waals surface area contributed by atoms with Crippen LogP contribution in [-0.2, 0) is 15.0 Å². The van der Waals surface area contributed by atoms with E-state index in [1.807, 2.05) is 36.1 Å². The second-order valence-electron chi connectivity index (χ2n) is 6.38. The first-order valence-electron chi connectivity index (χ1n) is 8.20. The van der Waals surface area contributed by atoms with Crippen molar-refractivity contribution in [3.05, 3.63) is 34.8 Å². The van der Waals surface area contributed by atoms with E-state index in [9.17, 15) is 9.59 Å². The van der Waals surface area contributed by atoms with Gasteiger partial charge in [0, 0.05) is 18.8 Å². The lowest BCUT2D eigenvalue weighted by Gasteiger charge is -2.39. The molecule has 1 unspecified atom stereocenters. The first kappa shape index (κ1) is 16.5. The fourth-order valence-electron chi connectivity index (χ4n) is 3.60. The number of nitrogens with zero attached hydrogens (tertiary/aromatic N) is 3. The number of amides is 2. The molecule has 25 heavy (non-hydrogen) atoms. The summed E-state index contributed by atoms with van der Waals surface area (Å²) >= 11 is 2.91. The average Bonchev–Trinajstić information content (AvgIpc) is 3.15. The Morgan fingerprint density at radius 3 is 3.04 bits per heavy atom. The van der Waals surface area contributed by atoms with E-state index in [4.69, 9.17) is 0 Å². The Kier molecular flexibility index (Phi) is 4.24. The van der Waals surface area contributed by atoms with Gasteiger partial charge in [0.15, 0.2) is 4.34 Å². The number of anilines is 1. The topological polar surface area (TPSA) is 75.2 Å². The lowest BCUT2D eigenvalue weighted by atomic mass is 9.75. The van der Waals surface area contributed by atoms with Gasteiger partial charge < -0.3 is 10.2 Å². The Morgan fingerprint density at radius 1 is 1.40 bits per heavy atom. The monoisotopic (exact) mass is 374 g/mol. The zero-order chi connectivity index (χ0) is 17.4. The predicted octanol–water partition coefficient (Wildman–Crippen LogP) is 2.45. The summed E-state index contributed by atoms with van der Waals surface area (Å²) in [5.41, 5.74) is 1.29. The van der Waals surface area contributed by atoms with Crippen LogP contribution in [0.1, 0.15) is 23.4 Å². The van der Waals surface area contributed by atoms with Gasteiger partial charge in [-0.15, -0.1) is 10.2 Å². The third-order valence-corrected chi connectivity index (χ3v) is 6.75. The second kappa shape index (κ2) is 6.42. The third-order valence-electron chi connectivity index (χ3n) is 4.80. The zero-order valence-electron chi connectivity index (χ0n) is 13.8. The molecule has 0 bridgehead atoms. The van der Waals surface area contributed by atoms with Crippen LogP contribution in [0.15, 0.2) is 28.6 Å². The maximum atomic E-state index is 12.7. The highest BCUT2D eigenvalue weighted by Gasteiger charge is 2.49.